The molecule has 0 radical (unpaired) electrons. The molecule has 0 aliphatic rings. The molecule has 104 valence electrons. The summed E-state index contributed by atoms with van der Waals surface area (Å²) in [5, 5.41) is 6.56. The lowest BCUT2D eigenvalue weighted by Crippen LogP contribution is -2.16. The summed E-state index contributed by atoms with van der Waals surface area (Å²) in [4.78, 5) is 0. The van der Waals surface area contributed by atoms with Crippen molar-refractivity contribution in [1.29, 1.82) is 0 Å². The maximum Gasteiger partial charge on any atom is 0.435 e. The molecule has 0 aliphatic heterocycles. The number of halogens is 3. The van der Waals surface area contributed by atoms with E-state index in [0.717, 1.165) is 11.8 Å². The van der Waals surface area contributed by atoms with Gasteiger partial charge in [-0.25, -0.2) is 0 Å². The van der Waals surface area contributed by atoms with Crippen LogP contribution in [-0.4, -0.2) is 14.3 Å². The molecule has 2 rings (SSSR count). The first-order valence-electron chi connectivity index (χ1n) is 5.79. The van der Waals surface area contributed by atoms with E-state index in [4.69, 9.17) is 0 Å². The summed E-state index contributed by atoms with van der Waals surface area (Å²) in [6, 6.07) is 4.94. The molecule has 19 heavy (non-hydrogen) atoms. The second kappa shape index (κ2) is 5.08. The number of alkyl halides is 3. The molecular formula is C12H15F3N4. The Morgan fingerprint density at radius 1 is 1.21 bits per heavy atom. The second-order valence-corrected chi connectivity index (χ2v) is 4.36. The number of aromatic nitrogens is 3. The van der Waals surface area contributed by atoms with Gasteiger partial charge in [-0.2, -0.15) is 18.3 Å². The van der Waals surface area contributed by atoms with Gasteiger partial charge in [-0.1, -0.05) is 0 Å². The molecule has 0 bridgehead atoms. The topological polar surface area (TPSA) is 34.8 Å². The first-order chi connectivity index (χ1) is 8.88. The Labute approximate surface area is 108 Å². The van der Waals surface area contributed by atoms with Gasteiger partial charge in [-0.3, -0.25) is 4.68 Å². The van der Waals surface area contributed by atoms with E-state index < -0.39 is 11.9 Å². The van der Waals surface area contributed by atoms with Gasteiger partial charge in [0, 0.05) is 39.1 Å². The lowest BCUT2D eigenvalue weighted by Gasteiger charge is -2.06. The van der Waals surface area contributed by atoms with Gasteiger partial charge >= 0.3 is 6.18 Å². The summed E-state index contributed by atoms with van der Waals surface area (Å²) >= 11 is 0. The van der Waals surface area contributed by atoms with E-state index in [2.05, 4.69) is 10.4 Å². The van der Waals surface area contributed by atoms with Crippen LogP contribution in [0.5, 0.6) is 0 Å². The Morgan fingerprint density at radius 3 is 2.42 bits per heavy atom. The van der Waals surface area contributed by atoms with E-state index >= 15 is 0 Å². The number of hydrogen-bond donors (Lipinski definition) is 1. The largest absolute Gasteiger partial charge is 0.435 e. The zero-order valence-electron chi connectivity index (χ0n) is 10.7. The number of nitrogens with one attached hydrogen (secondary N) is 1. The summed E-state index contributed by atoms with van der Waals surface area (Å²) in [7, 11) is 3.43. The number of nitrogens with zero attached hydrogens (tertiary/aromatic N) is 3. The monoisotopic (exact) mass is 272 g/mol. The van der Waals surface area contributed by atoms with Crippen molar-refractivity contribution in [2.24, 2.45) is 14.1 Å². The van der Waals surface area contributed by atoms with Gasteiger partial charge in [0.2, 0.25) is 0 Å². The zero-order chi connectivity index (χ0) is 14.0. The third-order valence-corrected chi connectivity index (χ3v) is 2.93. The lowest BCUT2D eigenvalue weighted by atomic mass is 10.3. The Hall–Kier alpha value is -1.76. The average molecular weight is 272 g/mol. The summed E-state index contributed by atoms with van der Waals surface area (Å²) in [6.07, 6.45) is -2.48. The molecule has 0 saturated carbocycles. The fourth-order valence-electron chi connectivity index (χ4n) is 1.81. The summed E-state index contributed by atoms with van der Waals surface area (Å²) < 4.78 is 40.6. The van der Waals surface area contributed by atoms with E-state index in [1.807, 2.05) is 29.9 Å². The Morgan fingerprint density at radius 2 is 1.89 bits per heavy atom. The van der Waals surface area contributed by atoms with Crippen molar-refractivity contribution in [1.82, 2.24) is 19.7 Å². The van der Waals surface area contributed by atoms with Gasteiger partial charge in [0.05, 0.1) is 5.69 Å². The second-order valence-electron chi connectivity index (χ2n) is 4.36. The highest BCUT2D eigenvalue weighted by Gasteiger charge is 2.34. The number of aryl methyl sites for hydroxylation is 2. The molecule has 4 nitrogen and oxygen atoms in total. The van der Waals surface area contributed by atoms with E-state index in [1.165, 1.54) is 11.7 Å². The molecule has 2 heterocycles. The smallest absolute Gasteiger partial charge is 0.353 e. The van der Waals surface area contributed by atoms with Crippen molar-refractivity contribution in [3.05, 3.63) is 41.5 Å². The third kappa shape index (κ3) is 3.17. The zero-order valence-corrected chi connectivity index (χ0v) is 10.7. The fraction of sp³-hybridized carbons (Fsp3) is 0.417. The van der Waals surface area contributed by atoms with E-state index in [0.29, 0.717) is 18.8 Å². The quantitative estimate of drug-likeness (QED) is 0.924. The number of rotatable bonds is 4. The molecule has 2 aromatic heterocycles. The molecule has 2 aromatic rings. The van der Waals surface area contributed by atoms with Crippen molar-refractivity contribution in [3.8, 4) is 0 Å². The predicted octanol–water partition coefficient (Wildman–Crippen LogP) is 2.07. The maximum atomic E-state index is 12.5. The first-order valence-corrected chi connectivity index (χ1v) is 5.79. The van der Waals surface area contributed by atoms with Crippen LogP contribution in [0.15, 0.2) is 24.4 Å². The standard InChI is InChI=1S/C12H15F3N4/c1-18-5-3-4-9(18)7-16-8-10-6-11(12(13,14)15)17-19(10)2/h3-6,16H,7-8H2,1-2H3. The average Bonchev–Trinajstić information content (AvgIpc) is 2.86. The van der Waals surface area contributed by atoms with Crippen molar-refractivity contribution < 1.29 is 13.2 Å². The van der Waals surface area contributed by atoms with Crippen LogP contribution in [0.2, 0.25) is 0 Å². The fourth-order valence-corrected chi connectivity index (χ4v) is 1.81. The SMILES string of the molecule is Cn1cccc1CNCc1cc(C(F)(F)F)nn1C. The molecule has 0 atom stereocenters. The molecule has 7 heteroatoms. The van der Waals surface area contributed by atoms with Crippen LogP contribution in [-0.2, 0) is 33.4 Å². The molecule has 0 amide bonds. The lowest BCUT2D eigenvalue weighted by molar-refractivity contribution is -0.141. The van der Waals surface area contributed by atoms with Crippen LogP contribution < -0.4 is 5.32 Å². The number of hydrogen-bond acceptors (Lipinski definition) is 2. The van der Waals surface area contributed by atoms with E-state index in [9.17, 15) is 13.2 Å². The van der Waals surface area contributed by atoms with Gasteiger partial charge in [0.25, 0.3) is 0 Å². The van der Waals surface area contributed by atoms with Crippen molar-refractivity contribution >= 4 is 0 Å². The van der Waals surface area contributed by atoms with Crippen LogP contribution in [0.1, 0.15) is 17.1 Å². The Kier molecular flexibility index (Phi) is 3.66. The normalized spacial score (nSPS) is 12.1. The highest BCUT2D eigenvalue weighted by molar-refractivity contribution is 5.13. The molecule has 1 N–H and O–H groups in total. The van der Waals surface area contributed by atoms with Gasteiger partial charge in [-0.05, 0) is 18.2 Å². The molecule has 0 aromatic carbocycles. The minimum absolute atomic E-state index is 0.338. The summed E-state index contributed by atoms with van der Waals surface area (Å²) in [5.41, 5.74) is 0.713. The maximum absolute atomic E-state index is 12.5. The van der Waals surface area contributed by atoms with Crippen LogP contribution in [0.4, 0.5) is 13.2 Å². The van der Waals surface area contributed by atoms with Crippen LogP contribution in [0.3, 0.4) is 0 Å². The van der Waals surface area contributed by atoms with Crippen LogP contribution in [0, 0.1) is 0 Å². The van der Waals surface area contributed by atoms with E-state index in [1.54, 1.807) is 0 Å². The first kappa shape index (κ1) is 13.7. The highest BCUT2D eigenvalue weighted by atomic mass is 19.4. The van der Waals surface area contributed by atoms with Crippen molar-refractivity contribution in [2.45, 2.75) is 19.3 Å². The molecular weight excluding hydrogens is 257 g/mol. The summed E-state index contributed by atoms with van der Waals surface area (Å²) in [5.74, 6) is 0. The minimum atomic E-state index is -4.39. The van der Waals surface area contributed by atoms with Crippen molar-refractivity contribution in [3.63, 3.8) is 0 Å². The molecule has 0 spiro atoms. The predicted molar refractivity (Wildman–Crippen MR) is 64.2 cm³/mol. The van der Waals surface area contributed by atoms with Gasteiger partial charge in [0.1, 0.15) is 0 Å². The molecule has 0 unspecified atom stereocenters. The van der Waals surface area contributed by atoms with Gasteiger partial charge < -0.3 is 9.88 Å². The molecule has 0 saturated heterocycles. The van der Waals surface area contributed by atoms with Crippen LogP contribution >= 0.6 is 0 Å². The Balaban J connectivity index is 1.97. The van der Waals surface area contributed by atoms with Crippen molar-refractivity contribution in [2.75, 3.05) is 0 Å². The molecule has 0 aliphatic carbocycles. The Bertz CT molecular complexity index is 554. The van der Waals surface area contributed by atoms with E-state index in [-0.39, 0.29) is 0 Å². The minimum Gasteiger partial charge on any atom is -0.353 e. The summed E-state index contributed by atoms with van der Waals surface area (Å²) in [6.45, 7) is 0.931. The van der Waals surface area contributed by atoms with Gasteiger partial charge in [-0.15, -0.1) is 0 Å². The third-order valence-electron chi connectivity index (χ3n) is 2.93. The van der Waals surface area contributed by atoms with Crippen LogP contribution in [0.25, 0.3) is 0 Å². The molecule has 0 fully saturated rings. The highest BCUT2D eigenvalue weighted by Crippen LogP contribution is 2.28. The van der Waals surface area contributed by atoms with Gasteiger partial charge in [0.15, 0.2) is 5.69 Å².